The minimum absolute atomic E-state index is 0.0726. The molecule has 0 saturated carbocycles. The Morgan fingerprint density at radius 2 is 2.07 bits per heavy atom. The topological polar surface area (TPSA) is 127 Å². The van der Waals surface area contributed by atoms with Crippen LogP contribution in [-0.4, -0.2) is 30.1 Å². The summed E-state index contributed by atoms with van der Waals surface area (Å²) in [5.74, 6) is 0.213. The molecule has 0 saturated heterocycles. The second-order valence-electron chi connectivity index (χ2n) is 7.09. The van der Waals surface area contributed by atoms with Gasteiger partial charge in [-0.15, -0.1) is 0 Å². The molecule has 0 radical (unpaired) electrons. The molecule has 0 amide bonds. The number of nitrogens with one attached hydrogen (secondary N) is 1. The first-order valence-corrected chi connectivity index (χ1v) is 9.38. The Labute approximate surface area is 166 Å². The van der Waals surface area contributed by atoms with Gasteiger partial charge >= 0.3 is 5.69 Å². The number of aryl methyl sites for hydroxylation is 1. The molecular formula is C21H23N6O2+. The normalized spacial score (nSPS) is 11.2. The second kappa shape index (κ2) is 6.97. The molecule has 0 fully saturated rings. The summed E-state index contributed by atoms with van der Waals surface area (Å²) in [5, 5.41) is 24.3. The van der Waals surface area contributed by atoms with Gasteiger partial charge in [-0.2, -0.15) is 5.10 Å². The number of benzene rings is 2. The van der Waals surface area contributed by atoms with Crippen LogP contribution in [0.5, 0.6) is 5.75 Å². The maximum Gasteiger partial charge on any atom is 0.348 e. The lowest BCUT2D eigenvalue weighted by molar-refractivity contribution is -0.115. The number of nitrogens with zero attached hydrogens (tertiary/aromatic N) is 3. The molecule has 2 heterocycles. The van der Waals surface area contributed by atoms with Gasteiger partial charge in [-0.05, 0) is 36.8 Å². The van der Waals surface area contributed by atoms with Crippen LogP contribution in [0.2, 0.25) is 0 Å². The number of hydrogen-bond acceptors (Lipinski definition) is 4. The van der Waals surface area contributed by atoms with Crippen LogP contribution in [0.3, 0.4) is 0 Å². The van der Waals surface area contributed by atoms with Crippen molar-refractivity contribution in [1.29, 1.82) is 0 Å². The quantitative estimate of drug-likeness (QED) is 0.302. The van der Waals surface area contributed by atoms with Crippen LogP contribution in [0.25, 0.3) is 28.0 Å². The number of hydrogen-bond donors (Lipinski definition) is 4. The highest BCUT2D eigenvalue weighted by Gasteiger charge is 2.20. The van der Waals surface area contributed by atoms with E-state index in [0.717, 1.165) is 17.3 Å². The molecule has 6 N–H and O–H groups in total. The maximum atomic E-state index is 12.6. The highest BCUT2D eigenvalue weighted by molar-refractivity contribution is 6.02. The van der Waals surface area contributed by atoms with Gasteiger partial charge < -0.3 is 15.4 Å². The van der Waals surface area contributed by atoms with Crippen molar-refractivity contribution in [1.82, 2.24) is 19.3 Å². The minimum atomic E-state index is -0.404. The van der Waals surface area contributed by atoms with Gasteiger partial charge in [0.25, 0.3) is 0 Å². The Bertz CT molecular complexity index is 1290. The molecule has 0 atom stereocenters. The standard InChI is InChI=1S/C21H22N6O2/c1-3-4-16(22)14-10-15(19(28)11-17(14)23)20-24-25-21(29)27(20)13-5-6-18-12(9-13)7-8-26(18)2/h5-11,22,28H,3-4,23H2,1-2H3,(H,25,29)/p+1. The zero-order chi connectivity index (χ0) is 20.7. The predicted molar refractivity (Wildman–Crippen MR) is 113 cm³/mol. The van der Waals surface area contributed by atoms with Crippen LogP contribution < -0.4 is 16.8 Å². The molecule has 4 aromatic rings. The van der Waals surface area contributed by atoms with Crippen molar-refractivity contribution in [3.63, 3.8) is 0 Å². The molecule has 148 valence electrons. The van der Waals surface area contributed by atoms with E-state index in [-0.39, 0.29) is 11.6 Å². The van der Waals surface area contributed by atoms with E-state index in [1.165, 1.54) is 10.6 Å². The van der Waals surface area contributed by atoms with Crippen LogP contribution >= 0.6 is 0 Å². The molecule has 0 aliphatic rings. The Morgan fingerprint density at radius 3 is 2.83 bits per heavy atom. The van der Waals surface area contributed by atoms with Crippen LogP contribution in [0, 0.1) is 0 Å². The van der Waals surface area contributed by atoms with Gasteiger partial charge in [0, 0.05) is 42.3 Å². The maximum absolute atomic E-state index is 12.6. The number of anilines is 1. The summed E-state index contributed by atoms with van der Waals surface area (Å²) in [5.41, 5.74) is 9.36. The number of nitrogens with two attached hydrogens (primary N) is 2. The molecule has 2 aromatic carbocycles. The summed E-state index contributed by atoms with van der Waals surface area (Å²) in [4.78, 5) is 12.6. The first kappa shape index (κ1) is 18.5. The zero-order valence-corrected chi connectivity index (χ0v) is 16.3. The van der Waals surface area contributed by atoms with E-state index < -0.39 is 5.69 Å². The van der Waals surface area contributed by atoms with Gasteiger partial charge in [0.1, 0.15) is 5.75 Å². The molecule has 2 aromatic heterocycles. The molecule has 8 nitrogen and oxygen atoms in total. The van der Waals surface area contributed by atoms with Crippen molar-refractivity contribution in [3.05, 3.63) is 58.6 Å². The summed E-state index contributed by atoms with van der Waals surface area (Å²) in [6.45, 7) is 2.02. The van der Waals surface area contributed by atoms with E-state index in [4.69, 9.17) is 11.1 Å². The van der Waals surface area contributed by atoms with Crippen LogP contribution in [-0.2, 0) is 7.05 Å². The molecule has 0 spiro atoms. The Balaban J connectivity index is 1.90. The average Bonchev–Trinajstić information content (AvgIpc) is 3.24. The third-order valence-electron chi connectivity index (χ3n) is 5.07. The van der Waals surface area contributed by atoms with Crippen molar-refractivity contribution >= 4 is 22.3 Å². The summed E-state index contributed by atoms with van der Waals surface area (Å²) in [7, 11) is 1.96. The van der Waals surface area contributed by atoms with E-state index in [1.807, 2.05) is 49.0 Å². The number of nitrogen functional groups attached to an aromatic ring is 1. The van der Waals surface area contributed by atoms with Gasteiger partial charge in [-0.1, -0.05) is 6.92 Å². The van der Waals surface area contributed by atoms with Crippen LogP contribution in [0.1, 0.15) is 25.3 Å². The van der Waals surface area contributed by atoms with Crippen molar-refractivity contribution in [2.45, 2.75) is 19.8 Å². The van der Waals surface area contributed by atoms with Gasteiger partial charge in [0.15, 0.2) is 11.5 Å². The lowest BCUT2D eigenvalue weighted by atomic mass is 10.00. The third-order valence-corrected chi connectivity index (χ3v) is 5.07. The van der Waals surface area contributed by atoms with E-state index >= 15 is 0 Å². The number of phenolic OH excluding ortho intramolecular Hbond substituents is 1. The molecule has 29 heavy (non-hydrogen) atoms. The Hall–Kier alpha value is -3.81. The molecule has 8 heteroatoms. The van der Waals surface area contributed by atoms with E-state index in [0.29, 0.717) is 34.6 Å². The fraction of sp³-hybridized carbons (Fsp3) is 0.190. The van der Waals surface area contributed by atoms with E-state index in [9.17, 15) is 9.90 Å². The first-order chi connectivity index (χ1) is 13.9. The molecule has 4 rings (SSSR count). The smallest absolute Gasteiger partial charge is 0.348 e. The average molecular weight is 391 g/mol. The van der Waals surface area contributed by atoms with Gasteiger partial charge in [-0.3, -0.25) is 5.41 Å². The lowest BCUT2D eigenvalue weighted by Gasteiger charge is -2.11. The fourth-order valence-electron chi connectivity index (χ4n) is 3.59. The van der Waals surface area contributed by atoms with Crippen molar-refractivity contribution in [2.75, 3.05) is 5.73 Å². The molecule has 0 aliphatic carbocycles. The summed E-state index contributed by atoms with van der Waals surface area (Å²) >= 11 is 0. The summed E-state index contributed by atoms with van der Waals surface area (Å²) < 4.78 is 3.43. The Morgan fingerprint density at radius 1 is 1.28 bits per heavy atom. The van der Waals surface area contributed by atoms with Crippen LogP contribution in [0.4, 0.5) is 5.69 Å². The lowest BCUT2D eigenvalue weighted by Crippen LogP contribution is -2.40. The zero-order valence-electron chi connectivity index (χ0n) is 16.3. The highest BCUT2D eigenvalue weighted by Crippen LogP contribution is 2.33. The van der Waals surface area contributed by atoms with Crippen LogP contribution in [0.15, 0.2) is 47.4 Å². The number of aromatic amines is 1. The van der Waals surface area contributed by atoms with Crippen molar-refractivity contribution in [3.8, 4) is 22.8 Å². The number of rotatable bonds is 5. The predicted octanol–water partition coefficient (Wildman–Crippen LogP) is 1.36. The molecule has 0 unspecified atom stereocenters. The monoisotopic (exact) mass is 391 g/mol. The second-order valence-corrected chi connectivity index (χ2v) is 7.09. The molecule has 0 bridgehead atoms. The number of aromatic hydroxyl groups is 1. The Kier molecular flexibility index (Phi) is 4.46. The highest BCUT2D eigenvalue weighted by atomic mass is 16.3. The number of H-pyrrole nitrogens is 1. The summed E-state index contributed by atoms with van der Waals surface area (Å²) in [6, 6.07) is 10.8. The van der Waals surface area contributed by atoms with Crippen molar-refractivity contribution in [2.24, 2.45) is 7.05 Å². The molecule has 0 aliphatic heterocycles. The first-order valence-electron chi connectivity index (χ1n) is 9.38. The minimum Gasteiger partial charge on any atom is -0.507 e. The van der Waals surface area contributed by atoms with Gasteiger partial charge in [0.05, 0.1) is 16.8 Å². The van der Waals surface area contributed by atoms with Gasteiger partial charge in [-0.25, -0.2) is 14.5 Å². The largest absolute Gasteiger partial charge is 0.507 e. The van der Waals surface area contributed by atoms with E-state index in [1.54, 1.807) is 6.07 Å². The summed E-state index contributed by atoms with van der Waals surface area (Å²) in [6.07, 6.45) is 3.50. The van der Waals surface area contributed by atoms with Gasteiger partial charge in [0.2, 0.25) is 0 Å². The number of phenols is 1. The SMILES string of the molecule is CCCC(=[NH2+])c1cc(-c2n[nH]c(=O)n2-c2ccc3c(ccn3C)c2)c(O)cc1N. The van der Waals surface area contributed by atoms with Crippen molar-refractivity contribution < 1.29 is 10.5 Å². The van der Waals surface area contributed by atoms with E-state index in [2.05, 4.69) is 10.2 Å². The third kappa shape index (κ3) is 3.08. The number of fused-ring (bicyclic) bond motifs is 1. The molecular weight excluding hydrogens is 368 g/mol. The number of aromatic nitrogens is 4. The fourth-order valence-corrected chi connectivity index (χ4v) is 3.59.